The molecule has 5 rings (SSSR count). The first-order valence-electron chi connectivity index (χ1n) is 9.20. The summed E-state index contributed by atoms with van der Waals surface area (Å²) in [6.07, 6.45) is 2.11. The first-order valence-corrected chi connectivity index (χ1v) is 9.20. The number of carbonyl (C=O) groups excluding carboxylic acids is 2. The maximum atomic E-state index is 13.3. The van der Waals surface area contributed by atoms with Gasteiger partial charge < -0.3 is 19.2 Å². The lowest BCUT2D eigenvalue weighted by atomic mass is 9.82. The molecule has 27 heavy (non-hydrogen) atoms. The quantitative estimate of drug-likeness (QED) is 0.761. The Morgan fingerprint density at radius 2 is 2.00 bits per heavy atom. The largest absolute Gasteiger partial charge is 0.467 e. The van der Waals surface area contributed by atoms with E-state index in [1.165, 1.54) is 0 Å². The molecule has 2 amide bonds. The monoisotopic (exact) mass is 363 g/mol. The number of fused-ring (bicyclic) bond motifs is 4. The van der Waals surface area contributed by atoms with Gasteiger partial charge in [0.1, 0.15) is 18.3 Å². The molecule has 1 N–H and O–H groups in total. The van der Waals surface area contributed by atoms with E-state index in [4.69, 9.17) is 4.42 Å². The van der Waals surface area contributed by atoms with Gasteiger partial charge in [-0.1, -0.05) is 18.2 Å². The molecule has 3 aromatic rings. The molecule has 4 heterocycles. The molecule has 0 aliphatic carbocycles. The Balaban J connectivity index is 1.58. The molecule has 2 aliphatic heterocycles. The third kappa shape index (κ3) is 2.25. The fraction of sp³-hybridized carbons (Fsp3) is 0.333. The maximum absolute atomic E-state index is 13.3. The van der Waals surface area contributed by atoms with Crippen molar-refractivity contribution in [2.75, 3.05) is 6.54 Å². The Morgan fingerprint density at radius 1 is 1.19 bits per heavy atom. The van der Waals surface area contributed by atoms with E-state index < -0.39 is 11.6 Å². The van der Waals surface area contributed by atoms with Crippen molar-refractivity contribution in [2.45, 2.75) is 38.4 Å². The fourth-order valence-corrected chi connectivity index (χ4v) is 4.66. The number of carbonyl (C=O) groups is 2. The summed E-state index contributed by atoms with van der Waals surface area (Å²) in [7, 11) is 0. The molecule has 1 saturated heterocycles. The van der Waals surface area contributed by atoms with Crippen LogP contribution < -0.4 is 0 Å². The van der Waals surface area contributed by atoms with Gasteiger partial charge in [0.05, 0.1) is 18.3 Å². The number of benzene rings is 1. The number of aromatic amines is 1. The van der Waals surface area contributed by atoms with Crippen LogP contribution in [0.3, 0.4) is 0 Å². The Morgan fingerprint density at radius 3 is 2.78 bits per heavy atom. The predicted molar refractivity (Wildman–Crippen MR) is 99.8 cm³/mol. The zero-order valence-electron chi connectivity index (χ0n) is 15.4. The number of H-pyrrole nitrogens is 1. The van der Waals surface area contributed by atoms with Crippen molar-refractivity contribution < 1.29 is 14.0 Å². The summed E-state index contributed by atoms with van der Waals surface area (Å²) >= 11 is 0. The molecule has 138 valence electrons. The standard InChI is InChI=1S/C21H21N3O3/c1-21(2)19-15(14-7-3-4-8-16(14)22-19)10-17-20(26)23(12-18(25)24(17)21)11-13-6-5-9-27-13/h3-9,17,22H,10-12H2,1-2H3. The van der Waals surface area contributed by atoms with E-state index in [1.54, 1.807) is 22.1 Å². The second kappa shape index (κ2) is 5.49. The fourth-order valence-electron chi connectivity index (χ4n) is 4.66. The average Bonchev–Trinajstić information content (AvgIpc) is 3.27. The summed E-state index contributed by atoms with van der Waals surface area (Å²) in [5.74, 6) is 0.642. The molecule has 2 aliphatic rings. The molecule has 6 heteroatoms. The Kier molecular flexibility index (Phi) is 3.29. The molecule has 0 spiro atoms. The number of aromatic nitrogens is 1. The SMILES string of the molecule is CC1(C)c2[nH]c3ccccc3c2CC2C(=O)N(Cc3ccco3)CC(=O)N21. The van der Waals surface area contributed by atoms with Gasteiger partial charge >= 0.3 is 0 Å². The minimum Gasteiger partial charge on any atom is -0.467 e. The zero-order valence-corrected chi connectivity index (χ0v) is 15.4. The molecule has 6 nitrogen and oxygen atoms in total. The summed E-state index contributed by atoms with van der Waals surface area (Å²) in [4.78, 5) is 33.2. The molecule has 0 radical (unpaired) electrons. The highest BCUT2D eigenvalue weighted by Gasteiger charge is 2.51. The number of piperazine rings is 1. The van der Waals surface area contributed by atoms with Gasteiger partial charge in [-0.25, -0.2) is 0 Å². The van der Waals surface area contributed by atoms with E-state index in [2.05, 4.69) is 11.1 Å². The highest BCUT2D eigenvalue weighted by molar-refractivity contribution is 5.97. The lowest BCUT2D eigenvalue weighted by molar-refractivity contribution is -0.164. The van der Waals surface area contributed by atoms with Crippen molar-refractivity contribution in [3.8, 4) is 0 Å². The number of para-hydroxylation sites is 1. The topological polar surface area (TPSA) is 69.5 Å². The Bertz CT molecular complexity index is 1050. The molecule has 0 saturated carbocycles. The minimum atomic E-state index is -0.569. The van der Waals surface area contributed by atoms with Crippen LogP contribution >= 0.6 is 0 Å². The minimum absolute atomic E-state index is 0.0185. The third-order valence-corrected chi connectivity index (χ3v) is 5.86. The van der Waals surface area contributed by atoms with Gasteiger partial charge in [0.15, 0.2) is 0 Å². The number of nitrogens with one attached hydrogen (secondary N) is 1. The average molecular weight is 363 g/mol. The van der Waals surface area contributed by atoms with Crippen LogP contribution in [0.25, 0.3) is 10.9 Å². The van der Waals surface area contributed by atoms with E-state index in [0.717, 1.165) is 22.2 Å². The van der Waals surface area contributed by atoms with Crippen molar-refractivity contribution in [3.05, 3.63) is 59.7 Å². The summed E-state index contributed by atoms with van der Waals surface area (Å²) in [6, 6.07) is 11.2. The highest BCUT2D eigenvalue weighted by Crippen LogP contribution is 2.42. The second-order valence-corrected chi connectivity index (χ2v) is 7.84. The molecule has 2 aromatic heterocycles. The van der Waals surface area contributed by atoms with E-state index in [0.29, 0.717) is 18.7 Å². The molecular formula is C21H21N3O3. The van der Waals surface area contributed by atoms with Crippen molar-refractivity contribution in [1.82, 2.24) is 14.8 Å². The highest BCUT2D eigenvalue weighted by atomic mass is 16.3. The molecule has 1 unspecified atom stereocenters. The number of hydrogen-bond donors (Lipinski definition) is 1. The van der Waals surface area contributed by atoms with Crippen LogP contribution in [0.5, 0.6) is 0 Å². The van der Waals surface area contributed by atoms with Crippen LogP contribution in [0.2, 0.25) is 0 Å². The first kappa shape index (κ1) is 16.2. The molecule has 0 bridgehead atoms. The van der Waals surface area contributed by atoms with Crippen LogP contribution in [0.4, 0.5) is 0 Å². The Labute approximate surface area is 156 Å². The maximum Gasteiger partial charge on any atom is 0.246 e. The number of rotatable bonds is 2. The van der Waals surface area contributed by atoms with Crippen molar-refractivity contribution in [1.29, 1.82) is 0 Å². The van der Waals surface area contributed by atoms with Crippen LogP contribution in [-0.4, -0.2) is 39.2 Å². The van der Waals surface area contributed by atoms with Gasteiger partial charge in [-0.05, 0) is 37.6 Å². The van der Waals surface area contributed by atoms with E-state index in [9.17, 15) is 9.59 Å². The van der Waals surface area contributed by atoms with Gasteiger partial charge in [0.2, 0.25) is 11.8 Å². The van der Waals surface area contributed by atoms with Gasteiger partial charge in [0.25, 0.3) is 0 Å². The van der Waals surface area contributed by atoms with E-state index >= 15 is 0 Å². The van der Waals surface area contributed by atoms with E-state index in [1.807, 2.05) is 38.1 Å². The first-order chi connectivity index (χ1) is 13.0. The molecule has 1 atom stereocenters. The lowest BCUT2D eigenvalue weighted by Crippen LogP contribution is -2.66. The number of nitrogens with zero attached hydrogens (tertiary/aromatic N) is 2. The third-order valence-electron chi connectivity index (χ3n) is 5.86. The molecular weight excluding hydrogens is 342 g/mol. The number of furan rings is 1. The predicted octanol–water partition coefficient (Wildman–Crippen LogP) is 2.79. The van der Waals surface area contributed by atoms with Crippen LogP contribution in [-0.2, 0) is 28.1 Å². The van der Waals surface area contributed by atoms with Gasteiger partial charge in [0, 0.05) is 23.0 Å². The van der Waals surface area contributed by atoms with Crippen LogP contribution in [0, 0.1) is 0 Å². The Hall–Kier alpha value is -3.02. The van der Waals surface area contributed by atoms with Crippen molar-refractivity contribution in [2.24, 2.45) is 0 Å². The van der Waals surface area contributed by atoms with Gasteiger partial charge in [-0.2, -0.15) is 0 Å². The smallest absolute Gasteiger partial charge is 0.246 e. The molecule has 1 aromatic carbocycles. The number of hydrogen-bond acceptors (Lipinski definition) is 3. The normalized spacial score (nSPS) is 21.5. The summed E-state index contributed by atoms with van der Waals surface area (Å²) < 4.78 is 5.37. The van der Waals surface area contributed by atoms with Crippen LogP contribution in [0.1, 0.15) is 30.9 Å². The lowest BCUT2D eigenvalue weighted by Gasteiger charge is -2.51. The van der Waals surface area contributed by atoms with E-state index in [-0.39, 0.29) is 18.4 Å². The summed E-state index contributed by atoms with van der Waals surface area (Å²) in [6.45, 7) is 4.43. The zero-order chi connectivity index (χ0) is 18.8. The number of amides is 2. The summed E-state index contributed by atoms with van der Waals surface area (Å²) in [5, 5.41) is 1.13. The van der Waals surface area contributed by atoms with Crippen molar-refractivity contribution in [3.63, 3.8) is 0 Å². The van der Waals surface area contributed by atoms with Crippen molar-refractivity contribution >= 4 is 22.7 Å². The van der Waals surface area contributed by atoms with Gasteiger partial charge in [-0.3, -0.25) is 9.59 Å². The second-order valence-electron chi connectivity index (χ2n) is 7.84. The van der Waals surface area contributed by atoms with Crippen LogP contribution in [0.15, 0.2) is 47.1 Å². The summed E-state index contributed by atoms with van der Waals surface area (Å²) in [5.41, 5.74) is 2.64. The molecule has 1 fully saturated rings. The van der Waals surface area contributed by atoms with Gasteiger partial charge in [-0.15, -0.1) is 0 Å².